The molecule has 2 aromatic rings. The second-order valence-corrected chi connectivity index (χ2v) is 5.12. The van der Waals surface area contributed by atoms with Gasteiger partial charge in [0.25, 0.3) is 0 Å². The highest BCUT2D eigenvalue weighted by molar-refractivity contribution is 5.96. The standard InChI is InChI=1S/C17H17NO/c1-12-10-11-17(19)18-16-9-5-4-8-15(16)14-7-3-2-6-13(12)14/h2-9,12H,10-11H2,1H3,(H,18,19). The highest BCUT2D eigenvalue weighted by atomic mass is 16.1. The van der Waals surface area contributed by atoms with Crippen LogP contribution in [0.4, 0.5) is 5.69 Å². The van der Waals surface area contributed by atoms with Crippen molar-refractivity contribution in [2.75, 3.05) is 5.32 Å². The van der Waals surface area contributed by atoms with Gasteiger partial charge in [-0.15, -0.1) is 0 Å². The van der Waals surface area contributed by atoms with E-state index >= 15 is 0 Å². The Kier molecular flexibility index (Phi) is 3.08. The van der Waals surface area contributed by atoms with Gasteiger partial charge in [-0.1, -0.05) is 49.4 Å². The largest absolute Gasteiger partial charge is 0.326 e. The summed E-state index contributed by atoms with van der Waals surface area (Å²) in [7, 11) is 0. The van der Waals surface area contributed by atoms with Crippen LogP contribution in [0.2, 0.25) is 0 Å². The molecule has 1 N–H and O–H groups in total. The molecule has 0 aliphatic carbocycles. The Bertz CT molecular complexity index is 618. The second kappa shape index (κ2) is 4.88. The normalized spacial score (nSPS) is 18.4. The predicted octanol–water partition coefficient (Wildman–Crippen LogP) is 4.19. The zero-order valence-corrected chi connectivity index (χ0v) is 11.0. The Balaban J connectivity index is 2.23. The van der Waals surface area contributed by atoms with Gasteiger partial charge in [-0.3, -0.25) is 4.79 Å². The summed E-state index contributed by atoms with van der Waals surface area (Å²) in [5.41, 5.74) is 4.58. The van der Waals surface area contributed by atoms with Crippen molar-refractivity contribution in [2.45, 2.75) is 25.7 Å². The van der Waals surface area contributed by atoms with E-state index in [4.69, 9.17) is 0 Å². The van der Waals surface area contributed by atoms with Gasteiger partial charge in [0, 0.05) is 17.7 Å². The second-order valence-electron chi connectivity index (χ2n) is 5.12. The molecule has 0 bridgehead atoms. The molecule has 1 aliphatic rings. The van der Waals surface area contributed by atoms with Gasteiger partial charge in [0.15, 0.2) is 0 Å². The number of hydrogen-bond acceptors (Lipinski definition) is 1. The van der Waals surface area contributed by atoms with Gasteiger partial charge in [0.05, 0.1) is 0 Å². The Hall–Kier alpha value is -2.09. The van der Waals surface area contributed by atoms with Gasteiger partial charge < -0.3 is 5.32 Å². The molecule has 2 aromatic carbocycles. The number of nitrogens with one attached hydrogen (secondary N) is 1. The molecule has 0 radical (unpaired) electrons. The van der Waals surface area contributed by atoms with E-state index in [1.807, 2.05) is 18.2 Å². The molecule has 1 heterocycles. The molecule has 96 valence electrons. The Morgan fingerprint density at radius 1 is 1.00 bits per heavy atom. The van der Waals surface area contributed by atoms with Crippen LogP contribution < -0.4 is 5.32 Å². The molecule has 2 nitrogen and oxygen atoms in total. The van der Waals surface area contributed by atoms with Crippen LogP contribution in [0, 0.1) is 0 Å². The maximum atomic E-state index is 11.9. The number of fused-ring (bicyclic) bond motifs is 3. The molecular weight excluding hydrogens is 234 g/mol. The quantitative estimate of drug-likeness (QED) is 0.747. The topological polar surface area (TPSA) is 29.1 Å². The Labute approximate surface area is 113 Å². The van der Waals surface area contributed by atoms with Crippen molar-refractivity contribution in [3.8, 4) is 11.1 Å². The van der Waals surface area contributed by atoms with Crippen molar-refractivity contribution < 1.29 is 4.79 Å². The van der Waals surface area contributed by atoms with E-state index in [0.717, 1.165) is 17.7 Å². The van der Waals surface area contributed by atoms with Crippen LogP contribution in [0.15, 0.2) is 48.5 Å². The van der Waals surface area contributed by atoms with Crippen LogP contribution in [0.5, 0.6) is 0 Å². The maximum absolute atomic E-state index is 11.9. The highest BCUT2D eigenvalue weighted by Gasteiger charge is 2.18. The number of benzene rings is 2. The third-order valence-corrected chi connectivity index (χ3v) is 3.79. The number of anilines is 1. The first-order chi connectivity index (χ1) is 9.25. The van der Waals surface area contributed by atoms with Crippen LogP contribution in [-0.2, 0) is 4.79 Å². The lowest BCUT2D eigenvalue weighted by Crippen LogP contribution is -2.11. The van der Waals surface area contributed by atoms with Gasteiger partial charge in [0.1, 0.15) is 0 Å². The molecule has 19 heavy (non-hydrogen) atoms. The number of carbonyl (C=O) groups excluding carboxylic acids is 1. The smallest absolute Gasteiger partial charge is 0.224 e. The van der Waals surface area contributed by atoms with Gasteiger partial charge in [0.2, 0.25) is 5.91 Å². The molecule has 1 amide bonds. The van der Waals surface area contributed by atoms with Crippen LogP contribution >= 0.6 is 0 Å². The van der Waals surface area contributed by atoms with Crippen LogP contribution in [0.25, 0.3) is 11.1 Å². The van der Waals surface area contributed by atoms with Crippen molar-refractivity contribution in [3.05, 3.63) is 54.1 Å². The summed E-state index contributed by atoms with van der Waals surface area (Å²) in [5.74, 6) is 0.500. The van der Waals surface area contributed by atoms with Crippen molar-refractivity contribution in [1.29, 1.82) is 0 Å². The lowest BCUT2D eigenvalue weighted by atomic mass is 9.89. The molecule has 3 rings (SSSR count). The lowest BCUT2D eigenvalue weighted by molar-refractivity contribution is -0.116. The van der Waals surface area contributed by atoms with Gasteiger partial charge in [-0.2, -0.15) is 0 Å². The Morgan fingerprint density at radius 2 is 1.68 bits per heavy atom. The van der Waals surface area contributed by atoms with Crippen molar-refractivity contribution in [1.82, 2.24) is 0 Å². The zero-order chi connectivity index (χ0) is 13.2. The zero-order valence-electron chi connectivity index (χ0n) is 11.0. The molecular formula is C17H17NO. The number of para-hydroxylation sites is 1. The number of carbonyl (C=O) groups is 1. The van der Waals surface area contributed by atoms with Crippen molar-refractivity contribution in [2.24, 2.45) is 0 Å². The van der Waals surface area contributed by atoms with Crippen molar-refractivity contribution >= 4 is 11.6 Å². The van der Waals surface area contributed by atoms with Crippen LogP contribution in [-0.4, -0.2) is 5.91 Å². The van der Waals surface area contributed by atoms with Crippen LogP contribution in [0.1, 0.15) is 31.2 Å². The summed E-state index contributed by atoms with van der Waals surface area (Å²) in [6.45, 7) is 2.19. The fraction of sp³-hybridized carbons (Fsp3) is 0.235. The van der Waals surface area contributed by atoms with E-state index < -0.39 is 0 Å². The van der Waals surface area contributed by atoms with E-state index in [1.165, 1.54) is 11.1 Å². The number of amides is 1. The van der Waals surface area contributed by atoms with E-state index in [0.29, 0.717) is 12.3 Å². The number of rotatable bonds is 0. The summed E-state index contributed by atoms with van der Waals surface area (Å²) in [6, 6.07) is 16.5. The monoisotopic (exact) mass is 251 g/mol. The van der Waals surface area contributed by atoms with E-state index in [9.17, 15) is 4.79 Å². The van der Waals surface area contributed by atoms with Crippen molar-refractivity contribution in [3.63, 3.8) is 0 Å². The van der Waals surface area contributed by atoms with Gasteiger partial charge in [-0.05, 0) is 29.5 Å². The first-order valence-corrected chi connectivity index (χ1v) is 6.74. The summed E-state index contributed by atoms with van der Waals surface area (Å²) < 4.78 is 0. The third-order valence-electron chi connectivity index (χ3n) is 3.79. The molecule has 0 aromatic heterocycles. The summed E-state index contributed by atoms with van der Waals surface area (Å²) in [5, 5.41) is 3.02. The summed E-state index contributed by atoms with van der Waals surface area (Å²) >= 11 is 0. The minimum Gasteiger partial charge on any atom is -0.326 e. The lowest BCUT2D eigenvalue weighted by Gasteiger charge is -2.15. The number of hydrogen-bond donors (Lipinski definition) is 1. The molecule has 0 spiro atoms. The molecule has 0 saturated carbocycles. The molecule has 1 atom stereocenters. The highest BCUT2D eigenvalue weighted by Crippen LogP contribution is 2.36. The van der Waals surface area contributed by atoms with E-state index in [-0.39, 0.29) is 5.91 Å². The minimum absolute atomic E-state index is 0.104. The van der Waals surface area contributed by atoms with E-state index in [1.54, 1.807) is 0 Å². The molecule has 2 heteroatoms. The van der Waals surface area contributed by atoms with E-state index in [2.05, 4.69) is 42.6 Å². The third kappa shape index (κ3) is 2.26. The minimum atomic E-state index is 0.104. The van der Waals surface area contributed by atoms with Gasteiger partial charge >= 0.3 is 0 Å². The molecule has 1 unspecified atom stereocenters. The first kappa shape index (κ1) is 12.0. The molecule has 1 aliphatic heterocycles. The molecule has 0 fully saturated rings. The van der Waals surface area contributed by atoms with Gasteiger partial charge in [-0.25, -0.2) is 0 Å². The Morgan fingerprint density at radius 3 is 2.53 bits per heavy atom. The first-order valence-electron chi connectivity index (χ1n) is 6.74. The average Bonchev–Trinajstić information content (AvgIpc) is 2.49. The molecule has 0 saturated heterocycles. The fourth-order valence-electron chi connectivity index (χ4n) is 2.71. The SMILES string of the molecule is CC1CCC(=O)Nc2ccccc2-c2ccccc21. The summed E-state index contributed by atoms with van der Waals surface area (Å²) in [6.07, 6.45) is 1.46. The predicted molar refractivity (Wildman–Crippen MR) is 78.2 cm³/mol. The summed E-state index contributed by atoms with van der Waals surface area (Å²) in [4.78, 5) is 11.9. The van der Waals surface area contributed by atoms with Crippen LogP contribution in [0.3, 0.4) is 0 Å². The fourth-order valence-corrected chi connectivity index (χ4v) is 2.71. The average molecular weight is 251 g/mol. The maximum Gasteiger partial charge on any atom is 0.224 e.